The predicted octanol–water partition coefficient (Wildman–Crippen LogP) is 2.43. The van der Waals surface area contributed by atoms with Crippen LogP contribution in [0.4, 0.5) is 0 Å². The highest BCUT2D eigenvalue weighted by Gasteiger charge is 2.23. The van der Waals surface area contributed by atoms with Gasteiger partial charge in [-0.05, 0) is 31.1 Å². The zero-order valence-electron chi connectivity index (χ0n) is 9.66. The zero-order valence-corrected chi connectivity index (χ0v) is 10.5. The molecule has 3 heteroatoms. The third kappa shape index (κ3) is 3.35. The molecule has 1 rings (SSSR count). The summed E-state index contributed by atoms with van der Waals surface area (Å²) in [6.07, 6.45) is 3.48. The van der Waals surface area contributed by atoms with E-state index in [1.807, 2.05) is 0 Å². The minimum absolute atomic E-state index is 0.701. The number of piperidine rings is 1. The maximum atomic E-state index is 11.7. The SMILES string of the molecule is CCCS(=O)N1CCC(C(C)C)CC1. The van der Waals surface area contributed by atoms with Gasteiger partial charge in [0.15, 0.2) is 0 Å². The maximum absolute atomic E-state index is 11.7. The monoisotopic (exact) mass is 217 g/mol. The third-order valence-corrected chi connectivity index (χ3v) is 4.81. The number of hydrogen-bond acceptors (Lipinski definition) is 1. The van der Waals surface area contributed by atoms with Gasteiger partial charge in [-0.3, -0.25) is 0 Å². The molecule has 0 aromatic rings. The Bertz CT molecular complexity index is 186. The van der Waals surface area contributed by atoms with Gasteiger partial charge in [0.1, 0.15) is 0 Å². The first-order chi connectivity index (χ1) is 6.65. The Morgan fingerprint density at radius 2 is 1.93 bits per heavy atom. The van der Waals surface area contributed by atoms with Crippen molar-refractivity contribution >= 4 is 11.0 Å². The van der Waals surface area contributed by atoms with E-state index < -0.39 is 11.0 Å². The van der Waals surface area contributed by atoms with Crippen LogP contribution in [0.25, 0.3) is 0 Å². The molecule has 0 aromatic carbocycles. The van der Waals surface area contributed by atoms with E-state index in [2.05, 4.69) is 25.1 Å². The van der Waals surface area contributed by atoms with E-state index in [-0.39, 0.29) is 0 Å². The average molecular weight is 217 g/mol. The van der Waals surface area contributed by atoms with E-state index >= 15 is 0 Å². The van der Waals surface area contributed by atoms with Gasteiger partial charge in [-0.25, -0.2) is 8.51 Å². The van der Waals surface area contributed by atoms with Gasteiger partial charge in [0.2, 0.25) is 0 Å². The van der Waals surface area contributed by atoms with Crippen molar-refractivity contribution in [1.29, 1.82) is 0 Å². The maximum Gasteiger partial charge on any atom is 0.0942 e. The van der Waals surface area contributed by atoms with E-state index in [0.717, 1.165) is 37.1 Å². The fraction of sp³-hybridized carbons (Fsp3) is 1.00. The van der Waals surface area contributed by atoms with Gasteiger partial charge in [0.25, 0.3) is 0 Å². The van der Waals surface area contributed by atoms with E-state index in [4.69, 9.17) is 0 Å². The summed E-state index contributed by atoms with van der Waals surface area (Å²) in [7, 11) is -0.701. The first-order valence-corrected chi connectivity index (χ1v) is 7.06. The van der Waals surface area contributed by atoms with Crippen molar-refractivity contribution in [3.8, 4) is 0 Å². The lowest BCUT2D eigenvalue weighted by molar-refractivity contribution is 0.232. The van der Waals surface area contributed by atoms with Crippen LogP contribution in [-0.2, 0) is 11.0 Å². The molecular weight excluding hydrogens is 194 g/mol. The predicted molar refractivity (Wildman–Crippen MR) is 62.4 cm³/mol. The van der Waals surface area contributed by atoms with Crippen molar-refractivity contribution in [2.45, 2.75) is 40.0 Å². The van der Waals surface area contributed by atoms with Crippen LogP contribution < -0.4 is 0 Å². The molecule has 0 aromatic heterocycles. The highest BCUT2D eigenvalue weighted by atomic mass is 32.2. The second-order valence-corrected chi connectivity index (χ2v) is 6.10. The summed E-state index contributed by atoms with van der Waals surface area (Å²) in [6, 6.07) is 0. The molecule has 1 unspecified atom stereocenters. The molecule has 14 heavy (non-hydrogen) atoms. The number of hydrogen-bond donors (Lipinski definition) is 0. The summed E-state index contributed by atoms with van der Waals surface area (Å²) in [5, 5.41) is 0. The van der Waals surface area contributed by atoms with Crippen molar-refractivity contribution < 1.29 is 4.21 Å². The molecule has 0 spiro atoms. The molecule has 1 heterocycles. The molecule has 0 amide bonds. The largest absolute Gasteiger partial charge is 0.243 e. The van der Waals surface area contributed by atoms with Crippen LogP contribution in [0.3, 0.4) is 0 Å². The summed E-state index contributed by atoms with van der Waals surface area (Å²) >= 11 is 0. The Balaban J connectivity index is 2.31. The van der Waals surface area contributed by atoms with Crippen LogP contribution in [-0.4, -0.2) is 27.4 Å². The second-order valence-electron chi connectivity index (χ2n) is 4.54. The molecule has 1 aliphatic heterocycles. The Labute approximate surface area is 90.7 Å². The molecule has 1 atom stereocenters. The normalized spacial score (nSPS) is 22.9. The zero-order chi connectivity index (χ0) is 10.6. The topological polar surface area (TPSA) is 20.3 Å². The van der Waals surface area contributed by atoms with Gasteiger partial charge < -0.3 is 0 Å². The van der Waals surface area contributed by atoms with Crippen molar-refractivity contribution in [3.63, 3.8) is 0 Å². The van der Waals surface area contributed by atoms with Crippen molar-refractivity contribution in [2.24, 2.45) is 11.8 Å². The van der Waals surface area contributed by atoms with Gasteiger partial charge in [-0.2, -0.15) is 0 Å². The number of nitrogens with zero attached hydrogens (tertiary/aromatic N) is 1. The molecule has 0 bridgehead atoms. The fourth-order valence-electron chi connectivity index (χ4n) is 2.05. The van der Waals surface area contributed by atoms with Crippen LogP contribution in [0, 0.1) is 11.8 Å². The molecular formula is C11H23NOS. The van der Waals surface area contributed by atoms with Crippen LogP contribution in [0.1, 0.15) is 40.0 Å². The Morgan fingerprint density at radius 3 is 2.36 bits per heavy atom. The van der Waals surface area contributed by atoms with E-state index in [0.29, 0.717) is 0 Å². The van der Waals surface area contributed by atoms with Crippen molar-refractivity contribution in [3.05, 3.63) is 0 Å². The third-order valence-electron chi connectivity index (χ3n) is 3.11. The molecule has 1 fully saturated rings. The van der Waals surface area contributed by atoms with E-state index in [9.17, 15) is 4.21 Å². The highest BCUT2D eigenvalue weighted by molar-refractivity contribution is 7.82. The summed E-state index contributed by atoms with van der Waals surface area (Å²) in [5.74, 6) is 2.48. The number of rotatable bonds is 4. The standard InChI is InChI=1S/C11H23NOS/c1-4-9-14(13)12-7-5-11(6-8-12)10(2)3/h10-11H,4-9H2,1-3H3. The lowest BCUT2D eigenvalue weighted by Crippen LogP contribution is -2.37. The van der Waals surface area contributed by atoms with Crippen LogP contribution in [0.5, 0.6) is 0 Å². The summed E-state index contributed by atoms with van der Waals surface area (Å²) < 4.78 is 13.9. The van der Waals surface area contributed by atoms with Crippen LogP contribution in [0.15, 0.2) is 0 Å². The second kappa shape index (κ2) is 5.86. The van der Waals surface area contributed by atoms with Gasteiger partial charge >= 0.3 is 0 Å². The smallest absolute Gasteiger partial charge is 0.0942 e. The van der Waals surface area contributed by atoms with Crippen molar-refractivity contribution in [2.75, 3.05) is 18.8 Å². The quantitative estimate of drug-likeness (QED) is 0.708. The first-order valence-electron chi connectivity index (χ1n) is 5.78. The molecule has 0 radical (unpaired) electrons. The van der Waals surface area contributed by atoms with Gasteiger partial charge in [-0.1, -0.05) is 20.8 Å². The van der Waals surface area contributed by atoms with Gasteiger partial charge in [-0.15, -0.1) is 0 Å². The van der Waals surface area contributed by atoms with Gasteiger partial charge in [0.05, 0.1) is 11.0 Å². The lowest BCUT2D eigenvalue weighted by atomic mass is 9.87. The molecule has 0 aliphatic carbocycles. The Hall–Kier alpha value is 0.110. The summed E-state index contributed by atoms with van der Waals surface area (Å²) in [5.41, 5.74) is 0. The van der Waals surface area contributed by atoms with Crippen LogP contribution in [0.2, 0.25) is 0 Å². The summed E-state index contributed by atoms with van der Waals surface area (Å²) in [6.45, 7) is 8.76. The molecule has 1 saturated heterocycles. The van der Waals surface area contributed by atoms with Gasteiger partial charge in [0, 0.05) is 18.8 Å². The van der Waals surface area contributed by atoms with Crippen molar-refractivity contribution in [1.82, 2.24) is 4.31 Å². The first kappa shape index (κ1) is 12.2. The summed E-state index contributed by atoms with van der Waals surface area (Å²) in [4.78, 5) is 0. The minimum atomic E-state index is -0.701. The van der Waals surface area contributed by atoms with Crippen LogP contribution >= 0.6 is 0 Å². The Kier molecular flexibility index (Phi) is 5.10. The molecule has 0 N–H and O–H groups in total. The molecule has 2 nitrogen and oxygen atoms in total. The molecule has 0 saturated carbocycles. The molecule has 1 aliphatic rings. The lowest BCUT2D eigenvalue weighted by Gasteiger charge is -2.32. The average Bonchev–Trinajstić information content (AvgIpc) is 2.18. The Morgan fingerprint density at radius 1 is 1.36 bits per heavy atom. The minimum Gasteiger partial charge on any atom is -0.243 e. The highest BCUT2D eigenvalue weighted by Crippen LogP contribution is 2.25. The van der Waals surface area contributed by atoms with E-state index in [1.165, 1.54) is 12.8 Å². The molecule has 84 valence electrons. The fourth-order valence-corrected chi connectivity index (χ4v) is 3.28. The van der Waals surface area contributed by atoms with E-state index in [1.54, 1.807) is 0 Å².